The Morgan fingerprint density at radius 3 is 2.75 bits per heavy atom. The van der Waals surface area contributed by atoms with Gasteiger partial charge in [0, 0.05) is 37.5 Å². The van der Waals surface area contributed by atoms with Gasteiger partial charge in [-0.3, -0.25) is 14.6 Å². The lowest BCUT2D eigenvalue weighted by molar-refractivity contribution is -0.114. The molecule has 0 radical (unpaired) electrons. The molecule has 20 heavy (non-hydrogen) atoms. The quantitative estimate of drug-likeness (QED) is 0.930. The number of rotatable bonds is 3. The van der Waals surface area contributed by atoms with Gasteiger partial charge in [-0.2, -0.15) is 0 Å². The number of aromatic nitrogens is 2. The number of hydrogen-bond donors (Lipinski definition) is 1. The first kappa shape index (κ1) is 14.0. The van der Waals surface area contributed by atoms with E-state index in [0.29, 0.717) is 12.2 Å². The Labute approximate surface area is 117 Å². The molecule has 0 aliphatic heterocycles. The molecule has 1 amide bonds. The van der Waals surface area contributed by atoms with E-state index in [9.17, 15) is 9.59 Å². The molecule has 0 saturated carbocycles. The van der Waals surface area contributed by atoms with Gasteiger partial charge in [0.2, 0.25) is 5.91 Å². The number of nitrogens with one attached hydrogen (secondary N) is 1. The second-order valence-corrected chi connectivity index (χ2v) is 4.58. The summed E-state index contributed by atoms with van der Waals surface area (Å²) < 4.78 is 1.63. The number of amides is 1. The van der Waals surface area contributed by atoms with Gasteiger partial charge in [-0.25, -0.2) is 0 Å². The second kappa shape index (κ2) is 5.69. The van der Waals surface area contributed by atoms with Crippen LogP contribution in [-0.2, 0) is 11.3 Å². The average Bonchev–Trinajstić information content (AvgIpc) is 2.41. The molecule has 2 aromatic rings. The van der Waals surface area contributed by atoms with E-state index in [4.69, 9.17) is 0 Å². The molecule has 0 aromatic carbocycles. The highest BCUT2D eigenvalue weighted by molar-refractivity contribution is 5.90. The molecular weight excluding hydrogens is 254 g/mol. The van der Waals surface area contributed by atoms with Gasteiger partial charge in [0.1, 0.15) is 0 Å². The van der Waals surface area contributed by atoms with Crippen molar-refractivity contribution in [1.82, 2.24) is 9.55 Å². The molecule has 104 valence electrons. The molecular formula is C15H17N3O2. The summed E-state index contributed by atoms with van der Waals surface area (Å²) in [6.07, 6.45) is 3.53. The maximum absolute atomic E-state index is 11.6. The van der Waals surface area contributed by atoms with Crippen LogP contribution in [0.3, 0.4) is 0 Å². The summed E-state index contributed by atoms with van der Waals surface area (Å²) >= 11 is 0. The first-order valence-electron chi connectivity index (χ1n) is 6.46. The number of pyridine rings is 2. The monoisotopic (exact) mass is 271 g/mol. The van der Waals surface area contributed by atoms with Crippen LogP contribution in [-0.4, -0.2) is 15.5 Å². The van der Waals surface area contributed by atoms with Crippen LogP contribution >= 0.6 is 0 Å². The fraction of sp³-hybridized carbons (Fsp3) is 0.267. The van der Waals surface area contributed by atoms with Gasteiger partial charge in [0.15, 0.2) is 0 Å². The maximum Gasteiger partial charge on any atom is 0.250 e. The van der Waals surface area contributed by atoms with Crippen molar-refractivity contribution in [2.24, 2.45) is 0 Å². The normalized spacial score (nSPS) is 10.3. The number of nitrogens with zero attached hydrogens (tertiary/aromatic N) is 2. The SMILES string of the molecule is CCn1cc(-c2cnc(C)c(NC(C)=O)c2)ccc1=O. The summed E-state index contributed by atoms with van der Waals surface area (Å²) in [6.45, 7) is 5.83. The third-order valence-electron chi connectivity index (χ3n) is 3.06. The van der Waals surface area contributed by atoms with Crippen molar-refractivity contribution in [1.29, 1.82) is 0 Å². The van der Waals surface area contributed by atoms with E-state index >= 15 is 0 Å². The predicted octanol–water partition coefficient (Wildman–Crippen LogP) is 2.20. The highest BCUT2D eigenvalue weighted by Gasteiger charge is 2.06. The van der Waals surface area contributed by atoms with Crippen LogP contribution in [0.25, 0.3) is 11.1 Å². The molecule has 0 spiro atoms. The summed E-state index contributed by atoms with van der Waals surface area (Å²) in [5.41, 5.74) is 3.17. The lowest BCUT2D eigenvalue weighted by Gasteiger charge is -2.10. The van der Waals surface area contributed by atoms with E-state index in [-0.39, 0.29) is 11.5 Å². The van der Waals surface area contributed by atoms with Gasteiger partial charge in [-0.05, 0) is 31.5 Å². The third kappa shape index (κ3) is 2.93. The number of aryl methyl sites for hydroxylation is 2. The third-order valence-corrected chi connectivity index (χ3v) is 3.06. The van der Waals surface area contributed by atoms with Gasteiger partial charge in [-0.1, -0.05) is 0 Å². The zero-order valence-corrected chi connectivity index (χ0v) is 11.8. The van der Waals surface area contributed by atoms with Crippen LogP contribution in [0.4, 0.5) is 5.69 Å². The molecule has 5 nitrogen and oxygen atoms in total. The van der Waals surface area contributed by atoms with Crippen LogP contribution in [0, 0.1) is 6.92 Å². The Morgan fingerprint density at radius 2 is 2.10 bits per heavy atom. The Balaban J connectivity index is 2.47. The lowest BCUT2D eigenvalue weighted by atomic mass is 10.1. The number of hydrogen-bond acceptors (Lipinski definition) is 3. The molecule has 0 unspecified atom stereocenters. The average molecular weight is 271 g/mol. The Hall–Kier alpha value is -2.43. The van der Waals surface area contributed by atoms with Crippen LogP contribution in [0.2, 0.25) is 0 Å². The van der Waals surface area contributed by atoms with Crippen molar-refractivity contribution in [2.75, 3.05) is 5.32 Å². The first-order chi connectivity index (χ1) is 9.51. The van der Waals surface area contributed by atoms with E-state index in [1.165, 1.54) is 13.0 Å². The Morgan fingerprint density at radius 1 is 1.35 bits per heavy atom. The minimum Gasteiger partial charge on any atom is -0.325 e. The van der Waals surface area contributed by atoms with Crippen molar-refractivity contribution in [3.8, 4) is 11.1 Å². The maximum atomic E-state index is 11.6. The number of carbonyl (C=O) groups is 1. The van der Waals surface area contributed by atoms with Crippen LogP contribution < -0.4 is 10.9 Å². The highest BCUT2D eigenvalue weighted by Crippen LogP contribution is 2.22. The van der Waals surface area contributed by atoms with Crippen molar-refractivity contribution < 1.29 is 4.79 Å². The molecule has 0 atom stereocenters. The summed E-state index contributed by atoms with van der Waals surface area (Å²) in [4.78, 5) is 27.0. The van der Waals surface area contributed by atoms with Crippen molar-refractivity contribution >= 4 is 11.6 Å². The largest absolute Gasteiger partial charge is 0.325 e. The Kier molecular flexibility index (Phi) is 3.98. The summed E-state index contributed by atoms with van der Waals surface area (Å²) in [6, 6.07) is 5.17. The second-order valence-electron chi connectivity index (χ2n) is 4.58. The van der Waals surface area contributed by atoms with Gasteiger partial charge < -0.3 is 9.88 Å². The Bertz CT molecular complexity index is 705. The zero-order valence-electron chi connectivity index (χ0n) is 11.8. The summed E-state index contributed by atoms with van der Waals surface area (Å²) in [5.74, 6) is -0.134. The molecule has 0 bridgehead atoms. The highest BCUT2D eigenvalue weighted by atomic mass is 16.1. The number of anilines is 1. The zero-order chi connectivity index (χ0) is 14.7. The van der Waals surface area contributed by atoms with Crippen LogP contribution in [0.5, 0.6) is 0 Å². The minimum atomic E-state index is -0.134. The summed E-state index contributed by atoms with van der Waals surface area (Å²) in [7, 11) is 0. The molecule has 0 fully saturated rings. The molecule has 0 saturated heterocycles. The van der Waals surface area contributed by atoms with Crippen LogP contribution in [0.1, 0.15) is 19.5 Å². The van der Waals surface area contributed by atoms with Crippen molar-refractivity contribution in [2.45, 2.75) is 27.3 Å². The predicted molar refractivity (Wildman–Crippen MR) is 78.6 cm³/mol. The smallest absolute Gasteiger partial charge is 0.250 e. The first-order valence-corrected chi connectivity index (χ1v) is 6.46. The molecule has 5 heteroatoms. The van der Waals surface area contributed by atoms with Gasteiger partial charge in [0.05, 0.1) is 11.4 Å². The fourth-order valence-corrected chi connectivity index (χ4v) is 1.96. The summed E-state index contributed by atoms with van der Waals surface area (Å²) in [5, 5.41) is 2.75. The van der Waals surface area contributed by atoms with E-state index < -0.39 is 0 Å². The molecule has 0 aliphatic rings. The van der Waals surface area contributed by atoms with Crippen molar-refractivity contribution in [3.05, 3.63) is 46.6 Å². The molecule has 2 aromatic heterocycles. The number of carbonyl (C=O) groups excluding carboxylic acids is 1. The van der Waals surface area contributed by atoms with E-state index in [1.54, 1.807) is 23.0 Å². The van der Waals surface area contributed by atoms with Gasteiger partial charge >= 0.3 is 0 Å². The van der Waals surface area contributed by atoms with Crippen LogP contribution in [0.15, 0.2) is 35.4 Å². The van der Waals surface area contributed by atoms with Crippen molar-refractivity contribution in [3.63, 3.8) is 0 Å². The molecule has 0 aliphatic carbocycles. The lowest BCUT2D eigenvalue weighted by Crippen LogP contribution is -2.17. The minimum absolute atomic E-state index is 0.0293. The van der Waals surface area contributed by atoms with E-state index in [2.05, 4.69) is 10.3 Å². The topological polar surface area (TPSA) is 64.0 Å². The van der Waals surface area contributed by atoms with E-state index in [1.807, 2.05) is 19.9 Å². The molecule has 1 N–H and O–H groups in total. The molecule has 2 heterocycles. The fourth-order valence-electron chi connectivity index (χ4n) is 1.96. The van der Waals surface area contributed by atoms with E-state index in [0.717, 1.165) is 16.8 Å². The molecule has 2 rings (SSSR count). The van der Waals surface area contributed by atoms with Gasteiger partial charge in [0.25, 0.3) is 5.56 Å². The van der Waals surface area contributed by atoms with Gasteiger partial charge in [-0.15, -0.1) is 0 Å². The standard InChI is InChI=1S/C15H17N3O2/c1-4-18-9-12(5-6-15(18)20)13-7-14(17-11(3)19)10(2)16-8-13/h5-9H,4H2,1-3H3,(H,17,19).